The number of rotatable bonds is 16. The number of pyridine rings is 2. The van der Waals surface area contributed by atoms with Crippen LogP contribution in [0.25, 0.3) is 0 Å². The second-order valence-corrected chi connectivity index (χ2v) is 10.4. The fraction of sp³-hybridized carbons (Fsp3) is 0.643. The number of hydrogen-bond donors (Lipinski definition) is 2. The number of nitrogens with zero attached hydrogens (tertiary/aromatic N) is 8. The molecule has 0 aliphatic rings. The van der Waals surface area contributed by atoms with Crippen LogP contribution in [0.2, 0.25) is 0 Å². The first kappa shape index (κ1) is 43.5. The van der Waals surface area contributed by atoms with Crippen molar-refractivity contribution in [2.45, 2.75) is 13.1 Å². The molecule has 0 spiro atoms. The van der Waals surface area contributed by atoms with E-state index in [0.717, 1.165) is 76.8 Å². The molecule has 0 amide bonds. The molecule has 0 fully saturated rings. The smallest absolute Gasteiger partial charge is 0.0543 e. The molecule has 2 heterocycles. The van der Waals surface area contributed by atoms with E-state index in [2.05, 4.69) is 120 Å². The summed E-state index contributed by atoms with van der Waals surface area (Å²) in [5, 5.41) is 12.0. The minimum atomic E-state index is 0. The summed E-state index contributed by atoms with van der Waals surface area (Å²) >= 11 is 0. The maximum atomic E-state index is 6.00. The van der Waals surface area contributed by atoms with Crippen molar-refractivity contribution in [3.05, 3.63) is 60.2 Å². The molecule has 2 N–H and O–H groups in total. The molecule has 2 radical (unpaired) electrons. The molecule has 2 aromatic heterocycles. The molecule has 240 valence electrons. The minimum absolute atomic E-state index is 0. The van der Waals surface area contributed by atoms with Gasteiger partial charge in [0.25, 0.3) is 0 Å². The summed E-state index contributed by atoms with van der Waals surface area (Å²) in [7, 11) is 16.9. The second kappa shape index (κ2) is 28.2. The van der Waals surface area contributed by atoms with Crippen LogP contribution in [0.3, 0.4) is 0 Å². The van der Waals surface area contributed by atoms with Crippen LogP contribution < -0.4 is 0 Å². The van der Waals surface area contributed by atoms with Gasteiger partial charge in [-0.2, -0.15) is 0 Å². The largest absolute Gasteiger partial charge is 0.308 e. The van der Waals surface area contributed by atoms with E-state index in [1.165, 1.54) is 0 Å². The molecular weight excluding hydrogens is 607 g/mol. The summed E-state index contributed by atoms with van der Waals surface area (Å²) in [6, 6.07) is 12.2. The maximum absolute atomic E-state index is 6.00. The molecule has 0 atom stereocenters. The fourth-order valence-corrected chi connectivity index (χ4v) is 3.35. The van der Waals surface area contributed by atoms with Crippen molar-refractivity contribution in [3.8, 4) is 0 Å². The molecule has 2 rings (SSSR count). The van der Waals surface area contributed by atoms with Crippen LogP contribution in [0.15, 0.2) is 48.8 Å². The first-order chi connectivity index (χ1) is 18.2. The van der Waals surface area contributed by atoms with Crippen molar-refractivity contribution in [2.75, 3.05) is 109 Å². The van der Waals surface area contributed by atoms with Gasteiger partial charge in [-0.3, -0.25) is 30.3 Å². The first-order valence-corrected chi connectivity index (χ1v) is 13.2. The molecule has 2 aromatic rings. The Bertz CT molecular complexity index is 686. The topological polar surface area (TPSA) is 85.7 Å². The number of hydrogen-bond acceptors (Lipinski definition) is 10. The average molecular weight is 662 g/mol. The molecule has 0 saturated heterocycles. The Balaban J connectivity index is -0.000000615. The molecule has 0 aliphatic carbocycles. The molecule has 0 aromatic carbocycles. The van der Waals surface area contributed by atoms with Gasteiger partial charge in [0.05, 0.1) is 11.4 Å². The van der Waals surface area contributed by atoms with Crippen LogP contribution >= 0.6 is 0 Å². The van der Waals surface area contributed by atoms with E-state index < -0.39 is 0 Å². The van der Waals surface area contributed by atoms with Crippen LogP contribution in [-0.4, -0.2) is 159 Å². The summed E-state index contributed by atoms with van der Waals surface area (Å²) in [5.74, 6) is 0. The predicted molar refractivity (Wildman–Crippen MR) is 159 cm³/mol. The van der Waals surface area contributed by atoms with Crippen LogP contribution in [0.5, 0.6) is 0 Å². The Morgan fingerprint density at radius 3 is 0.950 bits per heavy atom. The van der Waals surface area contributed by atoms with Gasteiger partial charge < -0.3 is 19.6 Å². The third-order valence-corrected chi connectivity index (χ3v) is 5.68. The van der Waals surface area contributed by atoms with Gasteiger partial charge in [0.1, 0.15) is 0 Å². The summed E-state index contributed by atoms with van der Waals surface area (Å²) < 4.78 is 0. The molecule has 0 unspecified atom stereocenters. The van der Waals surface area contributed by atoms with Gasteiger partial charge in [-0.25, -0.2) is 0 Å². The zero-order valence-corrected chi connectivity index (χ0v) is 27.6. The SMILES string of the molecule is CN(C)CCN(CCN(C)C)Cc1ccccn1.CN(C)CCN(CCN(C)C)Cc1ccccn1.OO.[Cu].[Cu]. The van der Waals surface area contributed by atoms with Crippen molar-refractivity contribution >= 4 is 0 Å². The summed E-state index contributed by atoms with van der Waals surface area (Å²) in [6.07, 6.45) is 3.73. The molecule has 10 nitrogen and oxygen atoms in total. The van der Waals surface area contributed by atoms with Crippen molar-refractivity contribution in [2.24, 2.45) is 0 Å². The monoisotopic (exact) mass is 660 g/mol. The number of likely N-dealkylation sites (N-methyl/N-ethyl adjacent to an activating group) is 4. The minimum Gasteiger partial charge on any atom is -0.308 e. The van der Waals surface area contributed by atoms with Crippen LogP contribution in [0.1, 0.15) is 11.4 Å². The number of aromatic nitrogens is 2. The Kier molecular flexibility index (Phi) is 30.6. The van der Waals surface area contributed by atoms with E-state index in [1.54, 1.807) is 0 Å². The molecule has 0 bridgehead atoms. The van der Waals surface area contributed by atoms with Gasteiger partial charge in [0.15, 0.2) is 0 Å². The van der Waals surface area contributed by atoms with Gasteiger partial charge >= 0.3 is 0 Å². The van der Waals surface area contributed by atoms with Crippen molar-refractivity contribution < 1.29 is 44.7 Å². The van der Waals surface area contributed by atoms with Gasteiger partial charge in [-0.05, 0) is 80.6 Å². The summed E-state index contributed by atoms with van der Waals surface area (Å²) in [6.45, 7) is 10.5. The second-order valence-electron chi connectivity index (χ2n) is 10.4. The Labute approximate surface area is 265 Å². The third-order valence-electron chi connectivity index (χ3n) is 5.68. The Morgan fingerprint density at radius 2 is 0.750 bits per heavy atom. The quantitative estimate of drug-likeness (QED) is 0.159. The zero-order valence-electron chi connectivity index (χ0n) is 25.8. The molecular formula is C28H54Cu2N8O2. The van der Waals surface area contributed by atoms with Crippen molar-refractivity contribution in [3.63, 3.8) is 0 Å². The fourth-order valence-electron chi connectivity index (χ4n) is 3.35. The van der Waals surface area contributed by atoms with E-state index >= 15 is 0 Å². The van der Waals surface area contributed by atoms with Crippen LogP contribution in [-0.2, 0) is 47.2 Å². The van der Waals surface area contributed by atoms with Gasteiger partial charge in [-0.15, -0.1) is 0 Å². The summed E-state index contributed by atoms with van der Waals surface area (Å²) in [5.41, 5.74) is 2.30. The van der Waals surface area contributed by atoms with E-state index in [1.807, 2.05) is 24.5 Å². The van der Waals surface area contributed by atoms with E-state index in [9.17, 15) is 0 Å². The van der Waals surface area contributed by atoms with Crippen molar-refractivity contribution in [1.29, 1.82) is 0 Å². The average Bonchev–Trinajstić information content (AvgIpc) is 2.89. The normalized spacial score (nSPS) is 10.7. The third kappa shape index (κ3) is 26.0. The van der Waals surface area contributed by atoms with Crippen LogP contribution in [0, 0.1) is 0 Å². The van der Waals surface area contributed by atoms with Crippen molar-refractivity contribution in [1.82, 2.24) is 39.4 Å². The molecule has 12 heteroatoms. The molecule has 40 heavy (non-hydrogen) atoms. The van der Waals surface area contributed by atoms with Crippen LogP contribution in [0.4, 0.5) is 0 Å². The van der Waals surface area contributed by atoms with E-state index in [0.29, 0.717) is 0 Å². The zero-order chi connectivity index (χ0) is 28.8. The molecule has 0 saturated carbocycles. The van der Waals surface area contributed by atoms with E-state index in [4.69, 9.17) is 10.5 Å². The van der Waals surface area contributed by atoms with E-state index in [-0.39, 0.29) is 34.1 Å². The maximum Gasteiger partial charge on any atom is 0.0543 e. The Morgan fingerprint density at radius 1 is 0.475 bits per heavy atom. The standard InChI is InChI=1S/2C14H26N4.2Cu.H2O2/c2*1-16(2)9-11-18(12-10-17(3)4)13-14-7-5-6-8-15-14;;;1-2/h2*5-8H,9-13H2,1-4H3;;;1-2H. The Hall–Kier alpha value is -0.981. The molecule has 0 aliphatic heterocycles. The van der Waals surface area contributed by atoms with Gasteiger partial charge in [0.2, 0.25) is 0 Å². The summed E-state index contributed by atoms with van der Waals surface area (Å²) in [4.78, 5) is 22.6. The first-order valence-electron chi connectivity index (χ1n) is 13.2. The van der Waals surface area contributed by atoms with Gasteiger partial charge in [-0.1, -0.05) is 12.1 Å². The predicted octanol–water partition coefficient (Wildman–Crippen LogP) is 2.03. The van der Waals surface area contributed by atoms with Gasteiger partial charge in [0, 0.05) is 112 Å².